The van der Waals surface area contributed by atoms with Crippen LogP contribution in [0.5, 0.6) is 0 Å². The molecule has 2 N–H and O–H groups in total. The number of hydrogen-bond acceptors (Lipinski definition) is 6. The number of carbonyl (C=O) groups is 6. The van der Waals surface area contributed by atoms with E-state index in [2.05, 4.69) is 10.6 Å². The Labute approximate surface area is 211 Å². The van der Waals surface area contributed by atoms with Crippen molar-refractivity contribution in [3.05, 3.63) is 24.3 Å². The zero-order chi connectivity index (χ0) is 26.8. The first-order valence-corrected chi connectivity index (χ1v) is 12.5. The fourth-order valence-corrected chi connectivity index (χ4v) is 6.31. The van der Waals surface area contributed by atoms with Crippen LogP contribution in [0.25, 0.3) is 0 Å². The molecule has 2 bridgehead atoms. The first-order valence-electron chi connectivity index (χ1n) is 12.5. The third-order valence-electron chi connectivity index (χ3n) is 9.94. The molecule has 0 spiro atoms. The lowest BCUT2D eigenvalue weighted by molar-refractivity contribution is -0.152. The first kappa shape index (κ1) is 25.9. The van der Waals surface area contributed by atoms with Crippen LogP contribution in [-0.4, -0.2) is 34.9 Å². The number of rotatable bonds is 5. The van der Waals surface area contributed by atoms with E-state index in [0.29, 0.717) is 37.1 Å². The fourth-order valence-electron chi connectivity index (χ4n) is 6.31. The van der Waals surface area contributed by atoms with Crippen molar-refractivity contribution in [2.75, 3.05) is 10.6 Å². The first-order chi connectivity index (χ1) is 16.6. The minimum atomic E-state index is -1.40. The molecule has 0 heterocycles. The number of Topliss-reactive ketones (excluding diaryl/α,β-unsaturated/α-hetero) is 4. The summed E-state index contributed by atoms with van der Waals surface area (Å²) < 4.78 is 0. The zero-order valence-electron chi connectivity index (χ0n) is 21.7. The zero-order valence-corrected chi connectivity index (χ0v) is 21.7. The van der Waals surface area contributed by atoms with E-state index < -0.39 is 62.5 Å². The summed E-state index contributed by atoms with van der Waals surface area (Å²) >= 11 is 0. The van der Waals surface area contributed by atoms with Gasteiger partial charge in [-0.2, -0.15) is 0 Å². The van der Waals surface area contributed by atoms with Gasteiger partial charge in [-0.15, -0.1) is 0 Å². The van der Waals surface area contributed by atoms with Crippen molar-refractivity contribution >= 4 is 46.3 Å². The monoisotopic (exact) mass is 494 g/mol. The Kier molecular flexibility index (Phi) is 5.89. The van der Waals surface area contributed by atoms with Crippen LogP contribution in [-0.2, 0) is 28.8 Å². The van der Waals surface area contributed by atoms with Gasteiger partial charge in [-0.25, -0.2) is 0 Å². The number of carbonyl (C=O) groups excluding carboxylic acids is 6. The molecule has 2 amide bonds. The molecule has 1 aromatic carbocycles. The molecule has 192 valence electrons. The van der Waals surface area contributed by atoms with Crippen LogP contribution in [0.1, 0.15) is 67.2 Å². The van der Waals surface area contributed by atoms with Gasteiger partial charge in [0, 0.05) is 22.2 Å². The molecule has 0 aromatic heterocycles. The Balaban J connectivity index is 1.44. The summed E-state index contributed by atoms with van der Waals surface area (Å²) in [6.45, 7) is 11.0. The maximum atomic E-state index is 13.3. The Hall–Kier alpha value is -3.16. The molecular weight excluding hydrogens is 460 g/mol. The van der Waals surface area contributed by atoms with Gasteiger partial charge in [0.05, 0.1) is 0 Å². The molecule has 0 radical (unpaired) electrons. The average molecular weight is 495 g/mol. The van der Waals surface area contributed by atoms with Crippen molar-refractivity contribution in [1.29, 1.82) is 0 Å². The molecule has 1 aromatic rings. The third-order valence-corrected chi connectivity index (χ3v) is 9.94. The SMILES string of the molecule is CC(C)C1(C)CCC(C(=O)Nc2ccc(NC(=O)C34CCC(C)(C(=O)C3=O)C4(C)C)cc2)C(=O)C1=O. The summed E-state index contributed by atoms with van der Waals surface area (Å²) in [7, 11) is 0. The number of amides is 2. The quantitative estimate of drug-likeness (QED) is 0.474. The highest BCUT2D eigenvalue weighted by atomic mass is 16.2. The molecule has 3 fully saturated rings. The molecule has 36 heavy (non-hydrogen) atoms. The molecule has 3 aliphatic carbocycles. The van der Waals surface area contributed by atoms with Gasteiger partial charge < -0.3 is 10.6 Å². The van der Waals surface area contributed by atoms with Crippen molar-refractivity contribution in [3.8, 4) is 0 Å². The molecule has 4 atom stereocenters. The average Bonchev–Trinajstić information content (AvgIpc) is 3.09. The highest BCUT2D eigenvalue weighted by molar-refractivity contribution is 6.49. The summed E-state index contributed by atoms with van der Waals surface area (Å²) in [5.41, 5.74) is -2.97. The minimum absolute atomic E-state index is 0.00135. The largest absolute Gasteiger partial charge is 0.325 e. The standard InChI is InChI=1S/C28H34N2O6/c1-15(2)26(5)12-11-18(19(31)20(26)32)23(35)29-16-7-9-17(10-8-16)30-24(36)28-14-13-27(6,25(28,3)4)21(33)22(28)34/h7-10,15,18H,11-14H2,1-6H3,(H,29,35)(H,30,36). The van der Waals surface area contributed by atoms with Gasteiger partial charge >= 0.3 is 0 Å². The van der Waals surface area contributed by atoms with Crippen LogP contribution in [0, 0.1) is 33.5 Å². The van der Waals surface area contributed by atoms with Gasteiger partial charge in [0.15, 0.2) is 0 Å². The highest BCUT2D eigenvalue weighted by Gasteiger charge is 2.77. The Morgan fingerprint density at radius 1 is 0.806 bits per heavy atom. The number of nitrogens with one attached hydrogen (secondary N) is 2. The number of hydrogen-bond donors (Lipinski definition) is 2. The molecule has 3 aliphatic rings. The molecule has 0 saturated heterocycles. The Bertz CT molecular complexity index is 1200. The predicted molar refractivity (Wildman–Crippen MR) is 133 cm³/mol. The van der Waals surface area contributed by atoms with E-state index in [1.807, 2.05) is 27.7 Å². The molecule has 4 unspecified atom stereocenters. The topological polar surface area (TPSA) is 126 Å². The third kappa shape index (κ3) is 3.26. The summed E-state index contributed by atoms with van der Waals surface area (Å²) in [5.74, 6) is -4.29. The predicted octanol–water partition coefficient (Wildman–Crippen LogP) is 3.74. The van der Waals surface area contributed by atoms with E-state index >= 15 is 0 Å². The summed E-state index contributed by atoms with van der Waals surface area (Å²) in [5, 5.41) is 5.47. The summed E-state index contributed by atoms with van der Waals surface area (Å²) in [6, 6.07) is 6.31. The summed E-state index contributed by atoms with van der Waals surface area (Å²) in [4.78, 5) is 76.9. The Morgan fingerprint density at radius 2 is 1.36 bits per heavy atom. The second kappa shape index (κ2) is 8.18. The number of ketones is 4. The number of anilines is 2. The van der Waals surface area contributed by atoms with Gasteiger partial charge in [0.2, 0.25) is 34.9 Å². The maximum absolute atomic E-state index is 13.3. The van der Waals surface area contributed by atoms with E-state index in [1.54, 1.807) is 38.1 Å². The lowest BCUT2D eigenvalue weighted by Gasteiger charge is -2.37. The highest BCUT2D eigenvalue weighted by Crippen LogP contribution is 2.69. The summed E-state index contributed by atoms with van der Waals surface area (Å²) in [6.07, 6.45) is 1.59. The van der Waals surface area contributed by atoms with Gasteiger partial charge in [0.1, 0.15) is 11.3 Å². The minimum Gasteiger partial charge on any atom is -0.325 e. The fraction of sp³-hybridized carbons (Fsp3) is 0.571. The van der Waals surface area contributed by atoms with Crippen LogP contribution >= 0.6 is 0 Å². The molecule has 3 saturated carbocycles. The van der Waals surface area contributed by atoms with E-state index in [1.165, 1.54) is 0 Å². The van der Waals surface area contributed by atoms with Gasteiger partial charge in [-0.3, -0.25) is 28.8 Å². The smallest absolute Gasteiger partial charge is 0.239 e. The van der Waals surface area contributed by atoms with Crippen molar-refractivity contribution in [3.63, 3.8) is 0 Å². The van der Waals surface area contributed by atoms with E-state index in [9.17, 15) is 28.8 Å². The van der Waals surface area contributed by atoms with Crippen molar-refractivity contribution in [2.24, 2.45) is 33.5 Å². The molecule has 4 rings (SSSR count). The van der Waals surface area contributed by atoms with Crippen LogP contribution in [0.3, 0.4) is 0 Å². The van der Waals surface area contributed by atoms with Crippen LogP contribution in [0.15, 0.2) is 24.3 Å². The number of benzene rings is 1. The van der Waals surface area contributed by atoms with Crippen molar-refractivity contribution in [1.82, 2.24) is 0 Å². The van der Waals surface area contributed by atoms with Crippen LogP contribution in [0.4, 0.5) is 11.4 Å². The van der Waals surface area contributed by atoms with Crippen LogP contribution in [0.2, 0.25) is 0 Å². The molecule has 0 aliphatic heterocycles. The molecular formula is C28H34N2O6. The van der Waals surface area contributed by atoms with E-state index in [-0.39, 0.29) is 5.92 Å². The normalized spacial score (nSPS) is 33.2. The van der Waals surface area contributed by atoms with Crippen molar-refractivity contribution in [2.45, 2.75) is 67.2 Å². The van der Waals surface area contributed by atoms with Gasteiger partial charge in [-0.1, -0.05) is 41.5 Å². The van der Waals surface area contributed by atoms with E-state index in [4.69, 9.17) is 0 Å². The van der Waals surface area contributed by atoms with Gasteiger partial charge in [-0.05, 0) is 61.3 Å². The second-order valence-corrected chi connectivity index (χ2v) is 11.9. The van der Waals surface area contributed by atoms with Crippen molar-refractivity contribution < 1.29 is 28.8 Å². The number of fused-ring (bicyclic) bond motifs is 2. The second-order valence-electron chi connectivity index (χ2n) is 11.9. The van der Waals surface area contributed by atoms with Gasteiger partial charge in [0.25, 0.3) is 0 Å². The van der Waals surface area contributed by atoms with Crippen LogP contribution < -0.4 is 10.6 Å². The lowest BCUT2D eigenvalue weighted by atomic mass is 9.64. The molecule has 8 heteroatoms. The maximum Gasteiger partial charge on any atom is 0.239 e. The lowest BCUT2D eigenvalue weighted by Crippen LogP contribution is -2.48. The Morgan fingerprint density at radius 3 is 1.86 bits per heavy atom. The molecule has 8 nitrogen and oxygen atoms in total. The van der Waals surface area contributed by atoms with E-state index in [0.717, 1.165) is 0 Å².